The van der Waals surface area contributed by atoms with E-state index in [1.165, 1.54) is 6.92 Å². The average Bonchev–Trinajstić information content (AvgIpc) is 2.88. The molecule has 0 rings (SSSR count). The fraction of sp³-hybridized carbons (Fsp3) is 0.821. The highest BCUT2D eigenvalue weighted by Gasteiger charge is 2.34. The molecule has 0 spiro atoms. The van der Waals surface area contributed by atoms with Crippen LogP contribution in [0.3, 0.4) is 0 Å². The van der Waals surface area contributed by atoms with E-state index in [0.29, 0.717) is 19.7 Å². The number of ether oxygens (including phenoxy) is 3. The first-order valence-electron chi connectivity index (χ1n) is 14.2. The van der Waals surface area contributed by atoms with Gasteiger partial charge in [0.25, 0.3) is 0 Å². The minimum absolute atomic E-state index is 0.0545. The van der Waals surface area contributed by atoms with Gasteiger partial charge >= 0.3 is 11.9 Å². The number of rotatable bonds is 26. The Hall–Kier alpha value is -2.49. The molecule has 3 atom stereocenters. The molecule has 0 saturated carbocycles. The number of carbonyl (C=O) groups is 5. The summed E-state index contributed by atoms with van der Waals surface area (Å²) in [6.45, 7) is 11.7. The van der Waals surface area contributed by atoms with Gasteiger partial charge in [0.05, 0.1) is 63.6 Å². The quantitative estimate of drug-likeness (QED) is 0.0718. The Balaban J connectivity index is 4.39. The molecule has 0 aromatic rings. The van der Waals surface area contributed by atoms with Gasteiger partial charge in [-0.15, -0.1) is 0 Å². The minimum Gasteiger partial charge on any atom is -0.481 e. The van der Waals surface area contributed by atoms with Crippen LogP contribution in [-0.4, -0.2) is 122 Å². The van der Waals surface area contributed by atoms with Crippen LogP contribution in [0.5, 0.6) is 0 Å². The summed E-state index contributed by atoms with van der Waals surface area (Å²) >= 11 is 0. The van der Waals surface area contributed by atoms with Crippen LogP contribution in [-0.2, 0) is 38.2 Å². The summed E-state index contributed by atoms with van der Waals surface area (Å²) < 4.78 is 16.0. The zero-order valence-electron chi connectivity index (χ0n) is 25.8. The summed E-state index contributed by atoms with van der Waals surface area (Å²) in [5.41, 5.74) is -1.86. The molecule has 14 nitrogen and oxygen atoms in total. The smallest absolute Gasteiger partial charge is 0.306 e. The molecule has 0 radical (unpaired) electrons. The van der Waals surface area contributed by atoms with Crippen molar-refractivity contribution in [3.63, 3.8) is 0 Å². The van der Waals surface area contributed by atoms with Crippen molar-refractivity contribution in [1.29, 1.82) is 0 Å². The van der Waals surface area contributed by atoms with Crippen molar-refractivity contribution < 1.29 is 53.5 Å². The van der Waals surface area contributed by atoms with Gasteiger partial charge in [-0.25, -0.2) is 0 Å². The van der Waals surface area contributed by atoms with E-state index in [4.69, 9.17) is 24.4 Å². The van der Waals surface area contributed by atoms with Crippen molar-refractivity contribution in [2.24, 2.45) is 11.3 Å². The number of carbonyl (C=O) groups excluding carboxylic acids is 3. The summed E-state index contributed by atoms with van der Waals surface area (Å²) in [5, 5.41) is 35.8. The molecule has 42 heavy (non-hydrogen) atoms. The van der Waals surface area contributed by atoms with E-state index in [1.807, 2.05) is 0 Å². The first-order chi connectivity index (χ1) is 19.5. The Kier molecular flexibility index (Phi) is 19.2. The standard InChI is InChI=1S/C28H51N3O11/c1-19(25(37)38)17-27(3,4)26(39)31-21(16-24(35)36)15-22(33)20(2)29-7-10-41-13-14-42-18-23(34)28(5,6)30-8-11-40-12-9-32/h19-21,29-30,32H,7-18H2,1-6H3,(H,31,39)(H,35,36)(H,37,38). The summed E-state index contributed by atoms with van der Waals surface area (Å²) in [4.78, 5) is 60.3. The van der Waals surface area contributed by atoms with Crippen LogP contribution in [0.15, 0.2) is 0 Å². The molecule has 6 N–H and O–H groups in total. The number of nitrogens with one attached hydrogen (secondary N) is 3. The second-order valence-electron chi connectivity index (χ2n) is 11.4. The van der Waals surface area contributed by atoms with Crippen molar-refractivity contribution in [1.82, 2.24) is 16.0 Å². The Morgan fingerprint density at radius 3 is 2.00 bits per heavy atom. The van der Waals surface area contributed by atoms with Gasteiger partial charge in [-0.05, 0) is 27.2 Å². The number of Topliss-reactive ketones (excluding diaryl/α,β-unsaturated/α-hetero) is 2. The lowest BCUT2D eigenvalue weighted by Crippen LogP contribution is -2.49. The van der Waals surface area contributed by atoms with E-state index in [0.717, 1.165) is 0 Å². The van der Waals surface area contributed by atoms with Crippen LogP contribution in [0.2, 0.25) is 0 Å². The van der Waals surface area contributed by atoms with Crippen molar-refractivity contribution in [3.05, 3.63) is 0 Å². The van der Waals surface area contributed by atoms with E-state index in [1.54, 1.807) is 34.6 Å². The van der Waals surface area contributed by atoms with Crippen molar-refractivity contribution in [2.45, 2.75) is 78.4 Å². The fourth-order valence-electron chi connectivity index (χ4n) is 3.86. The van der Waals surface area contributed by atoms with Gasteiger partial charge in [-0.2, -0.15) is 0 Å². The van der Waals surface area contributed by atoms with Crippen LogP contribution in [0.4, 0.5) is 0 Å². The van der Waals surface area contributed by atoms with Gasteiger partial charge in [0.2, 0.25) is 5.91 Å². The molecule has 0 heterocycles. The highest BCUT2D eigenvalue weighted by atomic mass is 16.5. The van der Waals surface area contributed by atoms with Crippen molar-refractivity contribution in [2.75, 3.05) is 59.3 Å². The van der Waals surface area contributed by atoms with Crippen LogP contribution < -0.4 is 16.0 Å². The molecule has 0 aromatic carbocycles. The van der Waals surface area contributed by atoms with Crippen LogP contribution >= 0.6 is 0 Å². The van der Waals surface area contributed by atoms with Gasteiger partial charge in [0, 0.05) is 31.0 Å². The Morgan fingerprint density at radius 2 is 1.40 bits per heavy atom. The maximum absolute atomic E-state index is 12.8. The minimum atomic E-state index is -1.17. The van der Waals surface area contributed by atoms with E-state index in [2.05, 4.69) is 16.0 Å². The number of carboxylic acids is 2. The summed E-state index contributed by atoms with van der Waals surface area (Å²) in [5.74, 6) is -3.92. The normalized spacial score (nSPS) is 14.2. The number of aliphatic hydroxyl groups is 1. The van der Waals surface area contributed by atoms with Gasteiger partial charge in [0.1, 0.15) is 6.61 Å². The number of ketones is 2. The van der Waals surface area contributed by atoms with E-state index < -0.39 is 53.2 Å². The number of hydrogen-bond acceptors (Lipinski definition) is 11. The Morgan fingerprint density at radius 1 is 0.810 bits per heavy atom. The number of hydrogen-bond donors (Lipinski definition) is 6. The van der Waals surface area contributed by atoms with Gasteiger partial charge in [-0.1, -0.05) is 20.8 Å². The third-order valence-electron chi connectivity index (χ3n) is 6.59. The highest BCUT2D eigenvalue weighted by Crippen LogP contribution is 2.26. The average molecular weight is 606 g/mol. The Labute approximate surface area is 248 Å². The zero-order valence-corrected chi connectivity index (χ0v) is 25.8. The molecular formula is C28H51N3O11. The maximum atomic E-state index is 12.8. The number of amides is 1. The number of carboxylic acid groups (broad SMARTS) is 2. The largest absolute Gasteiger partial charge is 0.481 e. The first kappa shape index (κ1) is 39.5. The molecule has 0 aliphatic carbocycles. The SMILES string of the molecule is CC(CC(C)(C)C(=O)NC(CC(=O)O)CC(=O)C(C)NCCOCCOCC(=O)C(C)(C)NCCOCCO)C(=O)O. The molecule has 0 fully saturated rings. The van der Waals surface area contributed by atoms with Crippen LogP contribution in [0.25, 0.3) is 0 Å². The molecule has 244 valence electrons. The predicted octanol–water partition coefficient (Wildman–Crippen LogP) is -0.000400. The Bertz CT molecular complexity index is 864. The van der Waals surface area contributed by atoms with E-state index in [9.17, 15) is 29.1 Å². The van der Waals surface area contributed by atoms with Gasteiger partial charge in [-0.3, -0.25) is 24.0 Å². The number of aliphatic carboxylic acids is 2. The second kappa shape index (κ2) is 20.4. The molecular weight excluding hydrogens is 554 g/mol. The van der Waals surface area contributed by atoms with Gasteiger partial charge in [0.15, 0.2) is 11.6 Å². The molecule has 0 bridgehead atoms. The molecule has 1 amide bonds. The maximum Gasteiger partial charge on any atom is 0.306 e. The van der Waals surface area contributed by atoms with Crippen molar-refractivity contribution >= 4 is 29.4 Å². The topological polar surface area (TPSA) is 210 Å². The van der Waals surface area contributed by atoms with Gasteiger partial charge < -0.3 is 45.5 Å². The van der Waals surface area contributed by atoms with Crippen molar-refractivity contribution in [3.8, 4) is 0 Å². The number of aliphatic hydroxyl groups excluding tert-OH is 1. The molecule has 0 saturated heterocycles. The summed E-state index contributed by atoms with van der Waals surface area (Å²) in [6.07, 6.45) is -0.605. The predicted molar refractivity (Wildman–Crippen MR) is 153 cm³/mol. The third-order valence-corrected chi connectivity index (χ3v) is 6.59. The highest BCUT2D eigenvalue weighted by molar-refractivity contribution is 5.89. The molecule has 14 heteroatoms. The van der Waals surface area contributed by atoms with Crippen LogP contribution in [0, 0.1) is 11.3 Å². The first-order valence-corrected chi connectivity index (χ1v) is 14.2. The fourth-order valence-corrected chi connectivity index (χ4v) is 3.86. The van der Waals surface area contributed by atoms with E-state index in [-0.39, 0.29) is 64.0 Å². The molecule has 0 aliphatic heterocycles. The van der Waals surface area contributed by atoms with Crippen LogP contribution in [0.1, 0.15) is 60.8 Å². The molecule has 0 aliphatic rings. The molecule has 3 unspecified atom stereocenters. The lowest BCUT2D eigenvalue weighted by molar-refractivity contribution is -0.143. The zero-order chi connectivity index (χ0) is 32.3. The second-order valence-corrected chi connectivity index (χ2v) is 11.4. The summed E-state index contributed by atoms with van der Waals surface area (Å²) in [6, 6.07) is -1.57. The summed E-state index contributed by atoms with van der Waals surface area (Å²) in [7, 11) is 0. The third kappa shape index (κ3) is 17.5. The lowest BCUT2D eigenvalue weighted by Gasteiger charge is -2.28. The molecule has 0 aromatic heterocycles. The van der Waals surface area contributed by atoms with E-state index >= 15 is 0 Å². The lowest BCUT2D eigenvalue weighted by atomic mass is 9.82. The monoisotopic (exact) mass is 605 g/mol.